The molecule has 17 heavy (non-hydrogen) atoms. The predicted molar refractivity (Wildman–Crippen MR) is 62.2 cm³/mol. The van der Waals surface area contributed by atoms with Gasteiger partial charge < -0.3 is 11.1 Å². The zero-order chi connectivity index (χ0) is 11.8. The highest BCUT2D eigenvalue weighted by Crippen LogP contribution is 2.20. The fraction of sp³-hybridized carbons (Fsp3) is 0.455. The maximum Gasteiger partial charge on any atom is 0.243 e. The predicted octanol–water partition coefficient (Wildman–Crippen LogP) is 1.16. The van der Waals surface area contributed by atoms with Crippen LogP contribution in [0, 0.1) is 5.82 Å². The number of pyridine rings is 1. The molecule has 2 aromatic rings. The minimum absolute atomic E-state index is 0.151. The molecule has 1 aliphatic carbocycles. The monoisotopic (exact) mass is 235 g/mol. The van der Waals surface area contributed by atoms with Crippen LogP contribution in [0.4, 0.5) is 10.3 Å². The summed E-state index contributed by atoms with van der Waals surface area (Å²) in [5, 5.41) is 7.38. The molecule has 0 radical (unpaired) electrons. The van der Waals surface area contributed by atoms with Crippen LogP contribution >= 0.6 is 0 Å². The van der Waals surface area contributed by atoms with E-state index in [-0.39, 0.29) is 17.9 Å². The van der Waals surface area contributed by atoms with Crippen LogP contribution in [0.1, 0.15) is 19.3 Å². The highest BCUT2D eigenvalue weighted by atomic mass is 19.1. The van der Waals surface area contributed by atoms with Crippen molar-refractivity contribution in [3.8, 4) is 0 Å². The van der Waals surface area contributed by atoms with Crippen molar-refractivity contribution in [2.75, 3.05) is 5.32 Å². The number of anilines is 1. The normalized spacial score (nSPS) is 24.4. The van der Waals surface area contributed by atoms with Crippen LogP contribution in [0.2, 0.25) is 0 Å². The summed E-state index contributed by atoms with van der Waals surface area (Å²) in [6, 6.07) is 3.34. The summed E-state index contributed by atoms with van der Waals surface area (Å²) >= 11 is 0. The van der Waals surface area contributed by atoms with Gasteiger partial charge in [-0.15, -0.1) is 5.10 Å². The highest BCUT2D eigenvalue weighted by molar-refractivity contribution is 5.43. The first-order chi connectivity index (χ1) is 8.22. The van der Waals surface area contributed by atoms with E-state index in [0.717, 1.165) is 19.3 Å². The topological polar surface area (TPSA) is 68.2 Å². The molecule has 1 aliphatic rings. The maximum absolute atomic E-state index is 13.0. The second-order valence-electron chi connectivity index (χ2n) is 4.43. The van der Waals surface area contributed by atoms with Crippen LogP contribution < -0.4 is 11.1 Å². The van der Waals surface area contributed by atoms with Gasteiger partial charge in [-0.1, -0.05) is 0 Å². The molecule has 0 aliphatic heterocycles. The van der Waals surface area contributed by atoms with E-state index in [0.29, 0.717) is 11.6 Å². The molecule has 0 spiro atoms. The van der Waals surface area contributed by atoms with E-state index in [1.54, 1.807) is 6.07 Å². The van der Waals surface area contributed by atoms with Gasteiger partial charge in [-0.3, -0.25) is 0 Å². The molecule has 3 rings (SSSR count). The maximum atomic E-state index is 13.0. The summed E-state index contributed by atoms with van der Waals surface area (Å²) < 4.78 is 14.4. The van der Waals surface area contributed by atoms with E-state index in [9.17, 15) is 4.39 Å². The van der Waals surface area contributed by atoms with Gasteiger partial charge in [0.2, 0.25) is 5.95 Å². The van der Waals surface area contributed by atoms with Gasteiger partial charge in [0, 0.05) is 12.1 Å². The molecule has 0 amide bonds. The Bertz CT molecular complexity index is 538. The Labute approximate surface area is 97.8 Å². The van der Waals surface area contributed by atoms with Gasteiger partial charge in [0.1, 0.15) is 5.82 Å². The molecular weight excluding hydrogens is 221 g/mol. The molecule has 2 aromatic heterocycles. The first kappa shape index (κ1) is 10.5. The molecule has 2 unspecified atom stereocenters. The lowest BCUT2D eigenvalue weighted by molar-refractivity contribution is 0.613. The Morgan fingerprint density at radius 3 is 3.06 bits per heavy atom. The Morgan fingerprint density at radius 1 is 1.41 bits per heavy atom. The summed E-state index contributed by atoms with van der Waals surface area (Å²) in [5.74, 6) is 0.185. The van der Waals surface area contributed by atoms with Crippen molar-refractivity contribution in [1.29, 1.82) is 0 Å². The van der Waals surface area contributed by atoms with E-state index in [1.807, 2.05) is 0 Å². The third kappa shape index (κ3) is 1.95. The van der Waals surface area contributed by atoms with Crippen LogP contribution in [0.3, 0.4) is 0 Å². The fourth-order valence-corrected chi connectivity index (χ4v) is 2.25. The summed E-state index contributed by atoms with van der Waals surface area (Å²) in [6.07, 6.45) is 4.49. The van der Waals surface area contributed by atoms with E-state index in [1.165, 1.54) is 16.8 Å². The molecule has 0 saturated heterocycles. The van der Waals surface area contributed by atoms with Crippen molar-refractivity contribution in [2.45, 2.75) is 31.3 Å². The fourth-order valence-electron chi connectivity index (χ4n) is 2.25. The van der Waals surface area contributed by atoms with Gasteiger partial charge >= 0.3 is 0 Å². The number of nitrogens with zero attached hydrogens (tertiary/aromatic N) is 3. The zero-order valence-electron chi connectivity index (χ0n) is 9.31. The number of halogens is 1. The summed E-state index contributed by atoms with van der Waals surface area (Å²) in [4.78, 5) is 4.27. The van der Waals surface area contributed by atoms with Gasteiger partial charge in [-0.05, 0) is 31.4 Å². The molecule has 2 atom stereocenters. The second-order valence-corrected chi connectivity index (χ2v) is 4.43. The average Bonchev–Trinajstić information content (AvgIpc) is 2.85. The van der Waals surface area contributed by atoms with Crippen molar-refractivity contribution in [2.24, 2.45) is 5.73 Å². The lowest BCUT2D eigenvalue weighted by Crippen LogP contribution is -2.35. The smallest absolute Gasteiger partial charge is 0.243 e. The SMILES string of the molecule is NC1CCCC1Nc1nc2ccc(F)cn2n1. The van der Waals surface area contributed by atoms with Crippen LogP contribution in [0.5, 0.6) is 0 Å². The lowest BCUT2D eigenvalue weighted by Gasteiger charge is -2.15. The molecule has 5 nitrogen and oxygen atoms in total. The minimum atomic E-state index is -0.327. The Balaban J connectivity index is 1.85. The largest absolute Gasteiger partial charge is 0.349 e. The zero-order valence-corrected chi connectivity index (χ0v) is 9.31. The van der Waals surface area contributed by atoms with Gasteiger partial charge in [-0.2, -0.15) is 4.98 Å². The first-order valence-electron chi connectivity index (χ1n) is 5.76. The molecule has 0 aromatic carbocycles. The Kier molecular flexibility index (Phi) is 2.44. The van der Waals surface area contributed by atoms with Crippen LogP contribution in [0.25, 0.3) is 5.65 Å². The van der Waals surface area contributed by atoms with Crippen molar-refractivity contribution in [3.05, 3.63) is 24.1 Å². The average molecular weight is 235 g/mol. The van der Waals surface area contributed by atoms with Gasteiger partial charge in [0.05, 0.1) is 6.20 Å². The number of fused-ring (bicyclic) bond motifs is 1. The van der Waals surface area contributed by atoms with E-state index in [2.05, 4.69) is 15.4 Å². The number of nitrogens with two attached hydrogens (primary N) is 1. The van der Waals surface area contributed by atoms with E-state index >= 15 is 0 Å². The quantitative estimate of drug-likeness (QED) is 0.819. The minimum Gasteiger partial charge on any atom is -0.349 e. The Morgan fingerprint density at radius 2 is 2.29 bits per heavy atom. The van der Waals surface area contributed by atoms with E-state index < -0.39 is 0 Å². The van der Waals surface area contributed by atoms with Crippen molar-refractivity contribution >= 4 is 11.6 Å². The van der Waals surface area contributed by atoms with Crippen LogP contribution in [-0.2, 0) is 0 Å². The number of hydrogen-bond donors (Lipinski definition) is 2. The van der Waals surface area contributed by atoms with Crippen LogP contribution in [-0.4, -0.2) is 26.7 Å². The highest BCUT2D eigenvalue weighted by Gasteiger charge is 2.24. The van der Waals surface area contributed by atoms with Crippen molar-refractivity contribution in [3.63, 3.8) is 0 Å². The number of rotatable bonds is 2. The molecule has 2 heterocycles. The number of hydrogen-bond acceptors (Lipinski definition) is 4. The van der Waals surface area contributed by atoms with Gasteiger partial charge in [0.25, 0.3) is 0 Å². The van der Waals surface area contributed by atoms with Crippen LogP contribution in [0.15, 0.2) is 18.3 Å². The number of aromatic nitrogens is 3. The summed E-state index contributed by atoms with van der Waals surface area (Å²) in [5.41, 5.74) is 6.59. The molecule has 1 fully saturated rings. The molecular formula is C11H14FN5. The molecule has 0 bridgehead atoms. The summed E-state index contributed by atoms with van der Waals surface area (Å²) in [6.45, 7) is 0. The number of nitrogens with one attached hydrogen (secondary N) is 1. The third-order valence-corrected chi connectivity index (χ3v) is 3.18. The molecule has 3 N–H and O–H groups in total. The molecule has 6 heteroatoms. The van der Waals surface area contributed by atoms with E-state index in [4.69, 9.17) is 5.73 Å². The van der Waals surface area contributed by atoms with Gasteiger partial charge in [0.15, 0.2) is 5.65 Å². The van der Waals surface area contributed by atoms with Crippen molar-refractivity contribution in [1.82, 2.24) is 14.6 Å². The third-order valence-electron chi connectivity index (χ3n) is 3.18. The lowest BCUT2D eigenvalue weighted by atomic mass is 10.2. The second kappa shape index (κ2) is 3.96. The summed E-state index contributed by atoms with van der Waals surface area (Å²) in [7, 11) is 0. The standard InChI is InChI=1S/C11H14FN5/c12-7-4-5-10-15-11(16-17(10)6-7)14-9-3-1-2-8(9)13/h4-6,8-9H,1-3,13H2,(H,14,16). The first-order valence-corrected chi connectivity index (χ1v) is 5.76. The molecule has 1 saturated carbocycles. The Hall–Kier alpha value is -1.69. The van der Waals surface area contributed by atoms with Gasteiger partial charge in [-0.25, -0.2) is 8.91 Å². The van der Waals surface area contributed by atoms with Crippen molar-refractivity contribution < 1.29 is 4.39 Å². The molecule has 90 valence electrons.